The van der Waals surface area contributed by atoms with Crippen LogP contribution in [0.5, 0.6) is 0 Å². The minimum atomic E-state index is -3.62. The number of aryl methyl sites for hydroxylation is 1. The Morgan fingerprint density at radius 2 is 2.14 bits per heavy atom. The molecule has 114 valence electrons. The van der Waals surface area contributed by atoms with E-state index >= 15 is 0 Å². The number of sulfonamides is 1. The van der Waals surface area contributed by atoms with E-state index in [-0.39, 0.29) is 11.4 Å². The van der Waals surface area contributed by atoms with Crippen molar-refractivity contribution in [1.29, 1.82) is 0 Å². The molecular formula is C14H19N3O3S. The summed E-state index contributed by atoms with van der Waals surface area (Å²) in [5, 5.41) is 13.8. The summed E-state index contributed by atoms with van der Waals surface area (Å²) in [5.41, 5.74) is 1.37. The SMILES string of the molecule is CCC(O)c1cccc(S(=O)(=O)NCc2ccnn2C)c1. The van der Waals surface area contributed by atoms with Crippen LogP contribution in [0.15, 0.2) is 41.4 Å². The minimum Gasteiger partial charge on any atom is -0.388 e. The molecule has 0 saturated carbocycles. The van der Waals surface area contributed by atoms with Crippen molar-refractivity contribution in [1.82, 2.24) is 14.5 Å². The van der Waals surface area contributed by atoms with Crippen LogP contribution in [0.2, 0.25) is 0 Å². The molecule has 0 radical (unpaired) electrons. The monoisotopic (exact) mass is 309 g/mol. The molecule has 1 aromatic heterocycles. The van der Waals surface area contributed by atoms with Crippen LogP contribution >= 0.6 is 0 Å². The van der Waals surface area contributed by atoms with Crippen LogP contribution in [0, 0.1) is 0 Å². The summed E-state index contributed by atoms with van der Waals surface area (Å²) in [7, 11) is -1.87. The summed E-state index contributed by atoms with van der Waals surface area (Å²) in [4.78, 5) is 0.148. The lowest BCUT2D eigenvalue weighted by atomic mass is 10.1. The second kappa shape index (κ2) is 6.38. The molecule has 0 saturated heterocycles. The molecule has 1 heterocycles. The third kappa shape index (κ3) is 3.69. The Hall–Kier alpha value is -1.70. The maximum Gasteiger partial charge on any atom is 0.240 e. The first kappa shape index (κ1) is 15.7. The number of hydrogen-bond acceptors (Lipinski definition) is 4. The predicted octanol–water partition coefficient (Wildman–Crippen LogP) is 1.34. The van der Waals surface area contributed by atoms with E-state index in [9.17, 15) is 13.5 Å². The first-order chi connectivity index (χ1) is 9.94. The minimum absolute atomic E-state index is 0.148. The first-order valence-electron chi connectivity index (χ1n) is 6.68. The maximum absolute atomic E-state index is 12.3. The molecule has 0 aliphatic carbocycles. The number of benzene rings is 1. The van der Waals surface area contributed by atoms with Crippen LogP contribution in [0.3, 0.4) is 0 Å². The highest BCUT2D eigenvalue weighted by molar-refractivity contribution is 7.89. The van der Waals surface area contributed by atoms with Crippen LogP contribution in [0.1, 0.15) is 30.7 Å². The van der Waals surface area contributed by atoms with Crippen molar-refractivity contribution in [2.75, 3.05) is 0 Å². The van der Waals surface area contributed by atoms with E-state index in [1.807, 2.05) is 6.92 Å². The summed E-state index contributed by atoms with van der Waals surface area (Å²) in [5.74, 6) is 0. The Balaban J connectivity index is 2.18. The van der Waals surface area contributed by atoms with Gasteiger partial charge in [-0.15, -0.1) is 0 Å². The topological polar surface area (TPSA) is 84.2 Å². The molecule has 0 spiro atoms. The molecule has 6 nitrogen and oxygen atoms in total. The Kier molecular flexibility index (Phi) is 4.76. The third-order valence-corrected chi connectivity index (χ3v) is 4.70. The van der Waals surface area contributed by atoms with Gasteiger partial charge in [0.15, 0.2) is 0 Å². The van der Waals surface area contributed by atoms with Gasteiger partial charge in [-0.1, -0.05) is 19.1 Å². The average Bonchev–Trinajstić information content (AvgIpc) is 2.90. The van der Waals surface area contributed by atoms with Gasteiger partial charge in [0.25, 0.3) is 0 Å². The molecule has 2 rings (SSSR count). The number of nitrogens with zero attached hydrogens (tertiary/aromatic N) is 2. The quantitative estimate of drug-likeness (QED) is 0.843. The number of aromatic nitrogens is 2. The van der Waals surface area contributed by atoms with E-state index in [4.69, 9.17) is 0 Å². The fourth-order valence-electron chi connectivity index (χ4n) is 1.95. The van der Waals surface area contributed by atoms with E-state index < -0.39 is 16.1 Å². The van der Waals surface area contributed by atoms with Crippen LogP contribution in [0.25, 0.3) is 0 Å². The smallest absolute Gasteiger partial charge is 0.240 e. The molecule has 1 unspecified atom stereocenters. The molecule has 1 aromatic carbocycles. The van der Waals surface area contributed by atoms with Crippen LogP contribution in [-0.2, 0) is 23.6 Å². The van der Waals surface area contributed by atoms with Crippen molar-refractivity contribution in [3.8, 4) is 0 Å². The Bertz CT molecular complexity index is 710. The summed E-state index contributed by atoms with van der Waals surface area (Å²) in [6.07, 6.45) is 1.49. The normalized spacial score (nSPS) is 13.3. The number of aliphatic hydroxyl groups excluding tert-OH is 1. The third-order valence-electron chi connectivity index (χ3n) is 3.31. The number of nitrogens with one attached hydrogen (secondary N) is 1. The van der Waals surface area contributed by atoms with Gasteiger partial charge in [0.2, 0.25) is 10.0 Å². The Morgan fingerprint density at radius 1 is 1.38 bits per heavy atom. The molecule has 2 N–H and O–H groups in total. The second-order valence-corrected chi connectivity index (χ2v) is 6.53. The Morgan fingerprint density at radius 3 is 2.76 bits per heavy atom. The summed E-state index contributed by atoms with van der Waals surface area (Å²) >= 11 is 0. The molecule has 0 aliphatic heterocycles. The zero-order chi connectivity index (χ0) is 15.5. The molecule has 0 aliphatic rings. The van der Waals surface area contributed by atoms with Gasteiger partial charge in [-0.25, -0.2) is 13.1 Å². The standard InChI is InChI=1S/C14H19N3O3S/c1-3-14(18)11-5-4-6-13(9-11)21(19,20)16-10-12-7-8-15-17(12)2/h4-9,14,16,18H,3,10H2,1-2H3. The van der Waals surface area contributed by atoms with Crippen molar-refractivity contribution in [2.24, 2.45) is 7.05 Å². The lowest BCUT2D eigenvalue weighted by molar-refractivity contribution is 0.173. The predicted molar refractivity (Wildman–Crippen MR) is 78.9 cm³/mol. The number of hydrogen-bond donors (Lipinski definition) is 2. The highest BCUT2D eigenvalue weighted by atomic mass is 32.2. The fraction of sp³-hybridized carbons (Fsp3) is 0.357. The van der Waals surface area contributed by atoms with Gasteiger partial charge >= 0.3 is 0 Å². The van der Waals surface area contributed by atoms with Crippen molar-refractivity contribution < 1.29 is 13.5 Å². The fourth-order valence-corrected chi connectivity index (χ4v) is 3.01. The number of aliphatic hydroxyl groups is 1. The molecule has 0 fully saturated rings. The van der Waals surface area contributed by atoms with E-state index in [1.165, 1.54) is 12.1 Å². The molecule has 21 heavy (non-hydrogen) atoms. The molecule has 0 bridgehead atoms. The average molecular weight is 309 g/mol. The van der Waals surface area contributed by atoms with Crippen molar-refractivity contribution >= 4 is 10.0 Å². The van der Waals surface area contributed by atoms with Gasteiger partial charge in [-0.3, -0.25) is 4.68 Å². The molecule has 2 aromatic rings. The second-order valence-electron chi connectivity index (χ2n) is 4.77. The zero-order valence-electron chi connectivity index (χ0n) is 12.0. The maximum atomic E-state index is 12.3. The van der Waals surface area contributed by atoms with Crippen molar-refractivity contribution in [2.45, 2.75) is 30.9 Å². The molecule has 1 atom stereocenters. The van der Waals surface area contributed by atoms with Crippen LogP contribution in [0.4, 0.5) is 0 Å². The largest absolute Gasteiger partial charge is 0.388 e. The zero-order valence-corrected chi connectivity index (χ0v) is 12.8. The summed E-state index contributed by atoms with van der Waals surface area (Å²) < 4.78 is 28.7. The molecular weight excluding hydrogens is 290 g/mol. The number of rotatable bonds is 6. The van der Waals surface area contributed by atoms with Crippen molar-refractivity contribution in [3.05, 3.63) is 47.8 Å². The van der Waals surface area contributed by atoms with Crippen molar-refractivity contribution in [3.63, 3.8) is 0 Å². The van der Waals surface area contributed by atoms with E-state index in [2.05, 4.69) is 9.82 Å². The van der Waals surface area contributed by atoms with Crippen LogP contribution in [-0.4, -0.2) is 23.3 Å². The Labute approximate surface area is 124 Å². The molecule has 7 heteroatoms. The van der Waals surface area contributed by atoms with E-state index in [0.29, 0.717) is 12.0 Å². The van der Waals surface area contributed by atoms with E-state index in [0.717, 1.165) is 5.69 Å². The van der Waals surface area contributed by atoms with E-state index in [1.54, 1.807) is 36.1 Å². The highest BCUT2D eigenvalue weighted by Crippen LogP contribution is 2.19. The molecule has 0 amide bonds. The summed E-state index contributed by atoms with van der Waals surface area (Å²) in [6.45, 7) is 2.01. The summed E-state index contributed by atoms with van der Waals surface area (Å²) in [6, 6.07) is 8.11. The van der Waals surface area contributed by atoms with Gasteiger partial charge in [0.1, 0.15) is 0 Å². The van der Waals surface area contributed by atoms with Gasteiger partial charge in [0, 0.05) is 13.2 Å². The first-order valence-corrected chi connectivity index (χ1v) is 8.17. The van der Waals surface area contributed by atoms with Gasteiger partial charge < -0.3 is 5.11 Å². The van der Waals surface area contributed by atoms with Crippen LogP contribution < -0.4 is 4.72 Å². The lowest BCUT2D eigenvalue weighted by Crippen LogP contribution is -2.24. The highest BCUT2D eigenvalue weighted by Gasteiger charge is 2.16. The van der Waals surface area contributed by atoms with Gasteiger partial charge in [-0.2, -0.15) is 5.10 Å². The van der Waals surface area contributed by atoms with Gasteiger partial charge in [-0.05, 0) is 30.2 Å². The van der Waals surface area contributed by atoms with Gasteiger partial charge in [0.05, 0.1) is 23.2 Å². The lowest BCUT2D eigenvalue weighted by Gasteiger charge is -2.11.